The second-order valence-corrected chi connectivity index (χ2v) is 5.09. The minimum absolute atomic E-state index is 0.473. The van der Waals surface area contributed by atoms with Crippen molar-refractivity contribution in [3.63, 3.8) is 0 Å². The van der Waals surface area contributed by atoms with Gasteiger partial charge in [0, 0.05) is 23.8 Å². The maximum Gasteiger partial charge on any atom is 0.104 e. The minimum atomic E-state index is 0.473. The summed E-state index contributed by atoms with van der Waals surface area (Å²) >= 11 is 5.03. The Hall–Kier alpha value is -1.09. The Labute approximate surface area is 110 Å². The summed E-state index contributed by atoms with van der Waals surface area (Å²) in [4.78, 5) is 2.87. The predicted molar refractivity (Wildman–Crippen MR) is 79.8 cm³/mol. The fraction of sp³-hybridized carbons (Fsp3) is 0.500. The monoisotopic (exact) mass is 250 g/mol. The van der Waals surface area contributed by atoms with Crippen LogP contribution in [0.25, 0.3) is 0 Å². The third-order valence-corrected chi connectivity index (χ3v) is 3.11. The quantitative estimate of drug-likeness (QED) is 0.813. The van der Waals surface area contributed by atoms with E-state index in [4.69, 9.17) is 18.0 Å². The molecule has 1 rings (SSSR count). The molecule has 0 saturated heterocycles. The highest BCUT2D eigenvalue weighted by Crippen LogP contribution is 2.21. The lowest BCUT2D eigenvalue weighted by atomic mass is 10.1. The van der Waals surface area contributed by atoms with E-state index >= 15 is 0 Å². The van der Waals surface area contributed by atoms with Crippen molar-refractivity contribution in [1.82, 2.24) is 0 Å². The molecular weight excluding hydrogens is 228 g/mol. The molecule has 17 heavy (non-hydrogen) atoms. The fourth-order valence-electron chi connectivity index (χ4n) is 2.03. The summed E-state index contributed by atoms with van der Waals surface area (Å²) < 4.78 is 0. The Morgan fingerprint density at radius 3 is 2.47 bits per heavy atom. The molecule has 1 aromatic carbocycles. The molecule has 0 unspecified atom stereocenters. The average Bonchev–Trinajstić information content (AvgIpc) is 2.24. The van der Waals surface area contributed by atoms with Crippen LogP contribution in [-0.4, -0.2) is 17.6 Å². The molecule has 94 valence electrons. The molecule has 0 bridgehead atoms. The summed E-state index contributed by atoms with van der Waals surface area (Å²) in [5.74, 6) is 0. The predicted octanol–water partition coefficient (Wildman–Crippen LogP) is 3.25. The first-order chi connectivity index (χ1) is 7.97. The molecule has 0 heterocycles. The maximum absolute atomic E-state index is 5.68. The number of hydrogen-bond donors (Lipinski definition) is 1. The molecule has 0 aliphatic rings. The standard InChI is InChI=1S/C14H22N2S/c1-5-8-16(10(2)3)12-6-7-13(14(15)17)11(4)9-12/h6-7,9-10H,5,8H2,1-4H3,(H2,15,17). The van der Waals surface area contributed by atoms with Gasteiger partial charge in [0.25, 0.3) is 0 Å². The fourth-order valence-corrected chi connectivity index (χ4v) is 2.26. The van der Waals surface area contributed by atoms with Crippen molar-refractivity contribution < 1.29 is 0 Å². The molecule has 0 amide bonds. The van der Waals surface area contributed by atoms with Gasteiger partial charge < -0.3 is 10.6 Å². The molecular formula is C14H22N2S. The molecule has 0 radical (unpaired) electrons. The van der Waals surface area contributed by atoms with Crippen LogP contribution in [0.4, 0.5) is 5.69 Å². The van der Waals surface area contributed by atoms with Gasteiger partial charge in [0.1, 0.15) is 4.99 Å². The third kappa shape index (κ3) is 3.43. The SMILES string of the molecule is CCCN(c1ccc(C(N)=S)c(C)c1)C(C)C. The van der Waals surface area contributed by atoms with Crippen LogP contribution in [0, 0.1) is 6.92 Å². The lowest BCUT2D eigenvalue weighted by Gasteiger charge is -2.29. The van der Waals surface area contributed by atoms with Crippen molar-refractivity contribution in [3.05, 3.63) is 29.3 Å². The normalized spacial score (nSPS) is 10.6. The summed E-state index contributed by atoms with van der Waals surface area (Å²) in [6.07, 6.45) is 1.15. The summed E-state index contributed by atoms with van der Waals surface area (Å²) in [5.41, 5.74) is 9.05. The van der Waals surface area contributed by atoms with Gasteiger partial charge in [-0.1, -0.05) is 19.1 Å². The van der Waals surface area contributed by atoms with Crippen molar-refractivity contribution in [1.29, 1.82) is 0 Å². The molecule has 0 fully saturated rings. The number of benzene rings is 1. The first-order valence-corrected chi connectivity index (χ1v) is 6.55. The van der Waals surface area contributed by atoms with Crippen molar-refractivity contribution in [3.8, 4) is 0 Å². The van der Waals surface area contributed by atoms with Crippen molar-refractivity contribution in [2.75, 3.05) is 11.4 Å². The van der Waals surface area contributed by atoms with E-state index in [0.717, 1.165) is 24.1 Å². The van der Waals surface area contributed by atoms with E-state index in [0.29, 0.717) is 11.0 Å². The summed E-state index contributed by atoms with van der Waals surface area (Å²) in [7, 11) is 0. The van der Waals surface area contributed by atoms with E-state index in [1.165, 1.54) is 5.69 Å². The highest BCUT2D eigenvalue weighted by molar-refractivity contribution is 7.80. The van der Waals surface area contributed by atoms with Crippen molar-refractivity contribution in [2.24, 2.45) is 5.73 Å². The number of anilines is 1. The van der Waals surface area contributed by atoms with Gasteiger partial charge in [-0.3, -0.25) is 0 Å². The second kappa shape index (κ2) is 6.01. The highest BCUT2D eigenvalue weighted by atomic mass is 32.1. The molecule has 0 atom stereocenters. The number of nitrogens with zero attached hydrogens (tertiary/aromatic N) is 1. The Kier molecular flexibility index (Phi) is 4.94. The van der Waals surface area contributed by atoms with Crippen LogP contribution in [0.5, 0.6) is 0 Å². The Balaban J connectivity index is 3.06. The molecule has 0 aromatic heterocycles. The van der Waals surface area contributed by atoms with Crippen molar-refractivity contribution >= 4 is 22.9 Å². The van der Waals surface area contributed by atoms with E-state index < -0.39 is 0 Å². The van der Waals surface area contributed by atoms with E-state index in [2.05, 4.69) is 44.7 Å². The first kappa shape index (κ1) is 14.0. The molecule has 0 aliphatic heterocycles. The smallest absolute Gasteiger partial charge is 0.104 e. The van der Waals surface area contributed by atoms with Gasteiger partial charge in [0.15, 0.2) is 0 Å². The molecule has 3 heteroatoms. The van der Waals surface area contributed by atoms with Crippen LogP contribution in [0.1, 0.15) is 38.3 Å². The Morgan fingerprint density at radius 2 is 2.06 bits per heavy atom. The van der Waals surface area contributed by atoms with E-state index in [1.807, 2.05) is 6.07 Å². The number of rotatable bonds is 5. The maximum atomic E-state index is 5.68. The second-order valence-electron chi connectivity index (χ2n) is 4.65. The van der Waals surface area contributed by atoms with Gasteiger partial charge in [0.05, 0.1) is 0 Å². The Morgan fingerprint density at radius 1 is 1.41 bits per heavy atom. The van der Waals surface area contributed by atoms with Crippen LogP contribution in [0.2, 0.25) is 0 Å². The highest BCUT2D eigenvalue weighted by Gasteiger charge is 2.11. The topological polar surface area (TPSA) is 29.3 Å². The summed E-state index contributed by atoms with van der Waals surface area (Å²) in [6, 6.07) is 6.81. The van der Waals surface area contributed by atoms with Crippen molar-refractivity contribution in [2.45, 2.75) is 40.2 Å². The molecule has 2 N–H and O–H groups in total. The van der Waals surface area contributed by atoms with E-state index in [9.17, 15) is 0 Å². The zero-order valence-electron chi connectivity index (χ0n) is 11.2. The van der Waals surface area contributed by atoms with Crippen LogP contribution < -0.4 is 10.6 Å². The van der Waals surface area contributed by atoms with Gasteiger partial charge in [-0.05, 0) is 51.0 Å². The number of aryl methyl sites for hydroxylation is 1. The zero-order valence-corrected chi connectivity index (χ0v) is 12.0. The average molecular weight is 250 g/mol. The van der Waals surface area contributed by atoms with Gasteiger partial charge in [-0.15, -0.1) is 0 Å². The van der Waals surface area contributed by atoms with Crippen LogP contribution >= 0.6 is 12.2 Å². The lowest BCUT2D eigenvalue weighted by Crippen LogP contribution is -2.31. The largest absolute Gasteiger partial charge is 0.389 e. The Bertz CT molecular complexity index is 399. The summed E-state index contributed by atoms with van der Waals surface area (Å²) in [5, 5.41) is 0. The lowest BCUT2D eigenvalue weighted by molar-refractivity contribution is 0.671. The third-order valence-electron chi connectivity index (χ3n) is 2.89. The van der Waals surface area contributed by atoms with Gasteiger partial charge in [-0.2, -0.15) is 0 Å². The molecule has 2 nitrogen and oxygen atoms in total. The van der Waals surface area contributed by atoms with Gasteiger partial charge in [-0.25, -0.2) is 0 Å². The van der Waals surface area contributed by atoms with Crippen LogP contribution in [-0.2, 0) is 0 Å². The molecule has 0 spiro atoms. The molecule has 0 saturated carbocycles. The van der Waals surface area contributed by atoms with E-state index in [-0.39, 0.29) is 0 Å². The van der Waals surface area contributed by atoms with E-state index in [1.54, 1.807) is 0 Å². The molecule has 1 aromatic rings. The first-order valence-electron chi connectivity index (χ1n) is 6.14. The number of thiocarbonyl (C=S) groups is 1. The van der Waals surface area contributed by atoms with Gasteiger partial charge in [0.2, 0.25) is 0 Å². The minimum Gasteiger partial charge on any atom is -0.389 e. The summed E-state index contributed by atoms with van der Waals surface area (Å²) in [6.45, 7) is 9.76. The molecule has 0 aliphatic carbocycles. The van der Waals surface area contributed by atoms with Gasteiger partial charge >= 0.3 is 0 Å². The zero-order chi connectivity index (χ0) is 13.0. The van der Waals surface area contributed by atoms with Crippen LogP contribution in [0.15, 0.2) is 18.2 Å². The van der Waals surface area contributed by atoms with Crippen LogP contribution in [0.3, 0.4) is 0 Å². The number of nitrogens with two attached hydrogens (primary N) is 1. The number of hydrogen-bond acceptors (Lipinski definition) is 2.